The van der Waals surface area contributed by atoms with Crippen LogP contribution in [-0.2, 0) is 0 Å². The molecule has 112 valence electrons. The van der Waals surface area contributed by atoms with E-state index in [0.29, 0.717) is 5.92 Å². The van der Waals surface area contributed by atoms with Crippen molar-refractivity contribution in [1.29, 1.82) is 0 Å². The minimum absolute atomic E-state index is 0.232. The first-order valence-corrected chi connectivity index (χ1v) is 8.25. The molecule has 1 fully saturated rings. The van der Waals surface area contributed by atoms with Crippen LogP contribution in [0.15, 0.2) is 18.2 Å². The molecule has 0 saturated heterocycles. The second kappa shape index (κ2) is 7.44. The predicted molar refractivity (Wildman–Crippen MR) is 86.6 cm³/mol. The van der Waals surface area contributed by atoms with E-state index < -0.39 is 0 Å². The third-order valence-corrected chi connectivity index (χ3v) is 5.20. The molecule has 1 aromatic carbocycles. The number of rotatable bonds is 5. The minimum Gasteiger partial charge on any atom is -0.271 e. The van der Waals surface area contributed by atoms with Crippen molar-refractivity contribution in [2.75, 3.05) is 0 Å². The molecule has 1 aromatic rings. The lowest BCUT2D eigenvalue weighted by atomic mass is 9.75. The van der Waals surface area contributed by atoms with Gasteiger partial charge in [0.1, 0.15) is 0 Å². The second-order valence-electron chi connectivity index (χ2n) is 6.22. The standard InChI is InChI=1S/C17H27ClN2/c1-3-4-13-6-9-14(10-7-13)17(20-19)15-8-5-12(2)16(18)11-15/h5,8,11,13-14,17,20H,3-4,6-7,9-10,19H2,1-2H3. The fourth-order valence-corrected chi connectivity index (χ4v) is 3.71. The molecule has 3 N–H and O–H groups in total. The van der Waals surface area contributed by atoms with Gasteiger partial charge in [-0.15, -0.1) is 0 Å². The lowest BCUT2D eigenvalue weighted by Crippen LogP contribution is -2.35. The Hall–Kier alpha value is -0.570. The summed E-state index contributed by atoms with van der Waals surface area (Å²) in [5.74, 6) is 7.38. The van der Waals surface area contributed by atoms with Gasteiger partial charge in [-0.25, -0.2) is 0 Å². The van der Waals surface area contributed by atoms with Crippen LogP contribution in [0.4, 0.5) is 0 Å². The van der Waals surface area contributed by atoms with E-state index >= 15 is 0 Å². The minimum atomic E-state index is 0.232. The highest BCUT2D eigenvalue weighted by Gasteiger charge is 2.27. The molecule has 0 aliphatic heterocycles. The van der Waals surface area contributed by atoms with Crippen LogP contribution in [0.5, 0.6) is 0 Å². The van der Waals surface area contributed by atoms with Crippen LogP contribution in [0.3, 0.4) is 0 Å². The van der Waals surface area contributed by atoms with Crippen molar-refractivity contribution in [2.45, 2.75) is 58.4 Å². The number of benzene rings is 1. The number of nitrogens with one attached hydrogen (secondary N) is 1. The third kappa shape index (κ3) is 3.75. The summed E-state index contributed by atoms with van der Waals surface area (Å²) in [6, 6.07) is 6.55. The van der Waals surface area contributed by atoms with Gasteiger partial charge in [0.25, 0.3) is 0 Å². The summed E-state index contributed by atoms with van der Waals surface area (Å²) in [4.78, 5) is 0. The quantitative estimate of drug-likeness (QED) is 0.607. The smallest absolute Gasteiger partial charge is 0.0488 e. The van der Waals surface area contributed by atoms with E-state index in [4.69, 9.17) is 17.4 Å². The number of halogens is 1. The predicted octanol–water partition coefficient (Wildman–Crippen LogP) is 4.76. The van der Waals surface area contributed by atoms with E-state index in [2.05, 4.69) is 30.5 Å². The van der Waals surface area contributed by atoms with Gasteiger partial charge in [0, 0.05) is 11.1 Å². The van der Waals surface area contributed by atoms with Gasteiger partial charge in [-0.1, -0.05) is 56.3 Å². The Morgan fingerprint density at radius 2 is 2.00 bits per heavy atom. The lowest BCUT2D eigenvalue weighted by molar-refractivity contribution is 0.215. The molecule has 1 saturated carbocycles. The maximum atomic E-state index is 6.25. The van der Waals surface area contributed by atoms with Crippen LogP contribution in [0, 0.1) is 18.8 Å². The molecule has 0 aromatic heterocycles. The van der Waals surface area contributed by atoms with E-state index in [9.17, 15) is 0 Å². The zero-order valence-corrected chi connectivity index (χ0v) is 13.4. The van der Waals surface area contributed by atoms with Gasteiger partial charge in [0.05, 0.1) is 0 Å². The molecular formula is C17H27ClN2. The van der Waals surface area contributed by atoms with Crippen LogP contribution in [-0.4, -0.2) is 0 Å². The maximum absolute atomic E-state index is 6.25. The van der Waals surface area contributed by atoms with Crippen molar-refractivity contribution >= 4 is 11.6 Å². The van der Waals surface area contributed by atoms with Crippen LogP contribution in [0.2, 0.25) is 5.02 Å². The molecule has 20 heavy (non-hydrogen) atoms. The zero-order valence-electron chi connectivity index (χ0n) is 12.7. The van der Waals surface area contributed by atoms with Gasteiger partial charge >= 0.3 is 0 Å². The SMILES string of the molecule is CCCC1CCC(C(NN)c2ccc(C)c(Cl)c2)CC1. The Morgan fingerprint density at radius 3 is 2.55 bits per heavy atom. The van der Waals surface area contributed by atoms with Crippen molar-refractivity contribution < 1.29 is 0 Å². The first-order chi connectivity index (χ1) is 9.65. The molecule has 0 heterocycles. The molecule has 1 unspecified atom stereocenters. The van der Waals surface area contributed by atoms with Gasteiger partial charge in [-0.05, 0) is 48.8 Å². The first kappa shape index (κ1) is 15.8. The Balaban J connectivity index is 2.03. The van der Waals surface area contributed by atoms with Crippen molar-refractivity contribution in [3.63, 3.8) is 0 Å². The molecule has 2 rings (SSSR count). The number of hydrazine groups is 1. The highest BCUT2D eigenvalue weighted by molar-refractivity contribution is 6.31. The Bertz CT molecular complexity index is 425. The summed E-state index contributed by atoms with van der Waals surface area (Å²) >= 11 is 6.25. The number of aryl methyl sites for hydroxylation is 1. The van der Waals surface area contributed by atoms with Crippen molar-refractivity contribution in [3.05, 3.63) is 34.3 Å². The highest BCUT2D eigenvalue weighted by Crippen LogP contribution is 2.38. The summed E-state index contributed by atoms with van der Waals surface area (Å²) in [6.07, 6.45) is 7.91. The van der Waals surface area contributed by atoms with Crippen LogP contribution in [0.1, 0.15) is 62.6 Å². The average Bonchev–Trinajstić information content (AvgIpc) is 2.46. The molecule has 1 aliphatic carbocycles. The van der Waals surface area contributed by atoms with Gasteiger partial charge in [-0.3, -0.25) is 11.3 Å². The van der Waals surface area contributed by atoms with Crippen molar-refractivity contribution in [3.8, 4) is 0 Å². The molecule has 1 aliphatic rings. The van der Waals surface area contributed by atoms with Gasteiger partial charge in [-0.2, -0.15) is 0 Å². The molecule has 2 nitrogen and oxygen atoms in total. The lowest BCUT2D eigenvalue weighted by Gasteiger charge is -2.34. The third-order valence-electron chi connectivity index (χ3n) is 4.79. The van der Waals surface area contributed by atoms with E-state index in [0.717, 1.165) is 16.5 Å². The summed E-state index contributed by atoms with van der Waals surface area (Å²) in [5, 5.41) is 0.836. The Labute approximate surface area is 128 Å². The molecule has 0 spiro atoms. The molecule has 0 radical (unpaired) electrons. The van der Waals surface area contributed by atoms with E-state index in [1.807, 2.05) is 6.92 Å². The molecule has 1 atom stereocenters. The zero-order chi connectivity index (χ0) is 14.5. The monoisotopic (exact) mass is 294 g/mol. The average molecular weight is 295 g/mol. The molecule has 0 amide bonds. The highest BCUT2D eigenvalue weighted by atomic mass is 35.5. The van der Waals surface area contributed by atoms with Crippen molar-refractivity contribution in [1.82, 2.24) is 5.43 Å². The largest absolute Gasteiger partial charge is 0.271 e. The Morgan fingerprint density at radius 1 is 1.30 bits per heavy atom. The summed E-state index contributed by atoms with van der Waals surface area (Å²) in [5.41, 5.74) is 5.37. The van der Waals surface area contributed by atoms with Crippen LogP contribution in [0.25, 0.3) is 0 Å². The fraction of sp³-hybridized carbons (Fsp3) is 0.647. The summed E-state index contributed by atoms with van der Waals surface area (Å²) in [7, 11) is 0. The molecule has 3 heteroatoms. The van der Waals surface area contributed by atoms with Gasteiger partial charge < -0.3 is 0 Å². The number of hydrogen-bond donors (Lipinski definition) is 2. The van der Waals surface area contributed by atoms with Crippen LogP contribution >= 0.6 is 11.6 Å². The maximum Gasteiger partial charge on any atom is 0.0488 e. The van der Waals surface area contributed by atoms with Gasteiger partial charge in [0.2, 0.25) is 0 Å². The van der Waals surface area contributed by atoms with E-state index in [1.54, 1.807) is 0 Å². The van der Waals surface area contributed by atoms with Crippen molar-refractivity contribution in [2.24, 2.45) is 17.7 Å². The normalized spacial score (nSPS) is 24.6. The summed E-state index contributed by atoms with van der Waals surface area (Å²) in [6.45, 7) is 4.32. The second-order valence-corrected chi connectivity index (χ2v) is 6.63. The van der Waals surface area contributed by atoms with E-state index in [1.165, 1.54) is 44.1 Å². The molecular weight excluding hydrogens is 268 g/mol. The van der Waals surface area contributed by atoms with Crippen LogP contribution < -0.4 is 11.3 Å². The number of hydrogen-bond acceptors (Lipinski definition) is 2. The van der Waals surface area contributed by atoms with Gasteiger partial charge in [0.15, 0.2) is 0 Å². The van der Waals surface area contributed by atoms with E-state index in [-0.39, 0.29) is 6.04 Å². The topological polar surface area (TPSA) is 38.0 Å². The summed E-state index contributed by atoms with van der Waals surface area (Å²) < 4.78 is 0. The fourth-order valence-electron chi connectivity index (χ4n) is 3.53. The first-order valence-electron chi connectivity index (χ1n) is 7.87. The Kier molecular flexibility index (Phi) is 5.88. The number of nitrogens with two attached hydrogens (primary N) is 1. The molecule has 0 bridgehead atoms.